The quantitative estimate of drug-likeness (QED) is 0.449. The highest BCUT2D eigenvalue weighted by atomic mass is 35.5. The van der Waals surface area contributed by atoms with Crippen LogP contribution < -0.4 is 9.64 Å². The van der Waals surface area contributed by atoms with E-state index >= 15 is 0 Å². The van der Waals surface area contributed by atoms with Crippen LogP contribution in [0, 0.1) is 11.3 Å². The molecule has 3 aromatic rings. The van der Waals surface area contributed by atoms with E-state index < -0.39 is 5.91 Å². The maximum atomic E-state index is 12.9. The average molecular weight is 445 g/mol. The number of aromatic hydroxyl groups is 1. The van der Waals surface area contributed by atoms with Gasteiger partial charge in [-0.1, -0.05) is 41.9 Å². The van der Waals surface area contributed by atoms with Crippen molar-refractivity contribution in [3.63, 3.8) is 0 Å². The molecule has 0 radical (unpaired) electrons. The fourth-order valence-corrected chi connectivity index (χ4v) is 3.59. The molecule has 0 unspecified atom stereocenters. The third-order valence-electron chi connectivity index (χ3n) is 4.96. The zero-order chi connectivity index (χ0) is 22.7. The van der Waals surface area contributed by atoms with Gasteiger partial charge in [-0.15, -0.1) is 0 Å². The molecule has 1 N–H and O–H groups in total. The minimum atomic E-state index is -0.399. The zero-order valence-electron chi connectivity index (χ0n) is 16.8. The lowest BCUT2D eigenvalue weighted by atomic mass is 10.1. The van der Waals surface area contributed by atoms with E-state index in [2.05, 4.69) is 0 Å². The minimum absolute atomic E-state index is 0.0246. The fourth-order valence-electron chi connectivity index (χ4n) is 3.41. The van der Waals surface area contributed by atoms with Gasteiger partial charge in [0.1, 0.15) is 24.2 Å². The highest BCUT2D eigenvalue weighted by Gasteiger charge is 2.35. The highest BCUT2D eigenvalue weighted by Crippen LogP contribution is 2.31. The molecule has 0 bridgehead atoms. The first-order chi connectivity index (χ1) is 15.5. The van der Waals surface area contributed by atoms with Gasteiger partial charge in [0, 0.05) is 16.2 Å². The van der Waals surface area contributed by atoms with Crippen LogP contribution in [0.15, 0.2) is 72.3 Å². The number of rotatable bonds is 5. The Kier molecular flexibility index (Phi) is 5.93. The number of para-hydroxylation sites is 1. The Hall–Kier alpha value is -4.08. The molecular weight excluding hydrogens is 428 g/mol. The fraction of sp³-hybridized carbons (Fsp3) is 0.0800. The van der Waals surface area contributed by atoms with Gasteiger partial charge in [-0.05, 0) is 48.0 Å². The number of hydrogen-bond acceptors (Lipinski definition) is 5. The van der Waals surface area contributed by atoms with E-state index in [9.17, 15) is 14.7 Å². The summed E-state index contributed by atoms with van der Waals surface area (Å²) in [6.45, 7) is 0.154. The SMILES string of the molecule is N#Cc1ccc(COc2ccccc2/C=C2\CC(=O)N(c3cccc(Cl)c3)C2=O)cc1O. The van der Waals surface area contributed by atoms with Gasteiger partial charge >= 0.3 is 0 Å². The normalized spacial score (nSPS) is 14.6. The Morgan fingerprint density at radius 3 is 2.66 bits per heavy atom. The number of hydrogen-bond donors (Lipinski definition) is 1. The lowest BCUT2D eigenvalue weighted by Crippen LogP contribution is -2.28. The van der Waals surface area contributed by atoms with Crippen LogP contribution in [0.4, 0.5) is 5.69 Å². The number of carbonyl (C=O) groups excluding carboxylic acids is 2. The van der Waals surface area contributed by atoms with Crippen molar-refractivity contribution in [2.45, 2.75) is 13.0 Å². The molecule has 158 valence electrons. The molecule has 32 heavy (non-hydrogen) atoms. The second-order valence-corrected chi connectivity index (χ2v) is 7.59. The van der Waals surface area contributed by atoms with Gasteiger partial charge in [0.15, 0.2) is 0 Å². The van der Waals surface area contributed by atoms with Gasteiger partial charge in [-0.3, -0.25) is 9.59 Å². The van der Waals surface area contributed by atoms with Crippen LogP contribution in [0.3, 0.4) is 0 Å². The van der Waals surface area contributed by atoms with Crippen molar-refractivity contribution >= 4 is 35.2 Å². The molecule has 3 aromatic carbocycles. The topological polar surface area (TPSA) is 90.6 Å². The molecule has 0 atom stereocenters. The number of nitrogens with zero attached hydrogens (tertiary/aromatic N) is 2. The van der Waals surface area contributed by atoms with Crippen LogP contribution in [-0.4, -0.2) is 16.9 Å². The number of phenolic OH excluding ortho intramolecular Hbond substituents is 1. The van der Waals surface area contributed by atoms with Crippen molar-refractivity contribution in [3.8, 4) is 17.6 Å². The first-order valence-corrected chi connectivity index (χ1v) is 10.1. The predicted molar refractivity (Wildman–Crippen MR) is 120 cm³/mol. The van der Waals surface area contributed by atoms with Crippen molar-refractivity contribution < 1.29 is 19.4 Å². The van der Waals surface area contributed by atoms with Gasteiger partial charge in [0.25, 0.3) is 5.91 Å². The Labute approximate surface area is 189 Å². The van der Waals surface area contributed by atoms with Gasteiger partial charge in [0.05, 0.1) is 17.7 Å². The average Bonchev–Trinajstić information content (AvgIpc) is 3.06. The van der Waals surface area contributed by atoms with Crippen LogP contribution in [-0.2, 0) is 16.2 Å². The maximum Gasteiger partial charge on any atom is 0.261 e. The monoisotopic (exact) mass is 444 g/mol. The Morgan fingerprint density at radius 1 is 1.09 bits per heavy atom. The van der Waals surface area contributed by atoms with Crippen LogP contribution >= 0.6 is 11.6 Å². The number of phenols is 1. The van der Waals surface area contributed by atoms with Gasteiger partial charge in [-0.25, -0.2) is 4.90 Å². The van der Waals surface area contributed by atoms with Crippen molar-refractivity contribution in [3.05, 3.63) is 94.0 Å². The lowest BCUT2D eigenvalue weighted by molar-refractivity contribution is -0.120. The maximum absolute atomic E-state index is 12.9. The summed E-state index contributed by atoms with van der Waals surface area (Å²) in [5.41, 5.74) is 2.30. The van der Waals surface area contributed by atoms with Crippen LogP contribution in [0.2, 0.25) is 5.02 Å². The molecule has 1 aliphatic rings. The molecule has 0 aliphatic carbocycles. The summed E-state index contributed by atoms with van der Waals surface area (Å²) in [4.78, 5) is 26.6. The van der Waals surface area contributed by atoms with Crippen molar-refractivity contribution in [2.24, 2.45) is 0 Å². The Balaban J connectivity index is 1.56. The predicted octanol–water partition coefficient (Wildman–Crippen LogP) is 4.84. The van der Waals surface area contributed by atoms with E-state index in [1.54, 1.807) is 54.6 Å². The first kappa shape index (κ1) is 21.2. The summed E-state index contributed by atoms with van der Waals surface area (Å²) >= 11 is 6.01. The van der Waals surface area contributed by atoms with Gasteiger partial charge in [0.2, 0.25) is 5.91 Å². The summed E-state index contributed by atoms with van der Waals surface area (Å²) < 4.78 is 5.89. The molecule has 0 aromatic heterocycles. The van der Waals surface area contributed by atoms with Crippen molar-refractivity contribution in [1.29, 1.82) is 5.26 Å². The van der Waals surface area contributed by atoms with E-state index in [4.69, 9.17) is 21.6 Å². The van der Waals surface area contributed by atoms with E-state index in [1.165, 1.54) is 12.1 Å². The number of nitriles is 1. The molecule has 1 heterocycles. The summed E-state index contributed by atoms with van der Waals surface area (Å²) in [7, 11) is 0. The lowest BCUT2D eigenvalue weighted by Gasteiger charge is -2.13. The van der Waals surface area contributed by atoms with E-state index in [-0.39, 0.29) is 30.2 Å². The summed E-state index contributed by atoms with van der Waals surface area (Å²) in [5, 5.41) is 19.2. The second kappa shape index (κ2) is 8.96. The van der Waals surface area contributed by atoms with E-state index in [1.807, 2.05) is 12.1 Å². The third kappa shape index (κ3) is 4.34. The molecular formula is C25H17ClN2O4. The number of carbonyl (C=O) groups is 2. The number of halogens is 1. The third-order valence-corrected chi connectivity index (χ3v) is 5.20. The number of imide groups is 1. The van der Waals surface area contributed by atoms with E-state index in [0.29, 0.717) is 33.2 Å². The molecule has 4 rings (SSSR count). The second-order valence-electron chi connectivity index (χ2n) is 7.15. The Morgan fingerprint density at radius 2 is 1.91 bits per heavy atom. The number of ether oxygens (including phenoxy) is 1. The molecule has 7 heteroatoms. The largest absolute Gasteiger partial charge is 0.507 e. The first-order valence-electron chi connectivity index (χ1n) is 9.73. The summed E-state index contributed by atoms with van der Waals surface area (Å²) in [6, 6.07) is 20.3. The molecule has 6 nitrogen and oxygen atoms in total. The van der Waals surface area contributed by atoms with Crippen LogP contribution in [0.5, 0.6) is 11.5 Å². The molecule has 2 amide bonds. The smallest absolute Gasteiger partial charge is 0.261 e. The van der Waals surface area contributed by atoms with Crippen molar-refractivity contribution in [1.82, 2.24) is 0 Å². The number of anilines is 1. The summed E-state index contributed by atoms with van der Waals surface area (Å²) in [6.07, 6.45) is 1.62. The molecule has 1 fully saturated rings. The van der Waals surface area contributed by atoms with E-state index in [0.717, 1.165) is 4.90 Å². The molecule has 0 spiro atoms. The van der Waals surface area contributed by atoms with Gasteiger partial charge in [-0.2, -0.15) is 5.26 Å². The van der Waals surface area contributed by atoms with Crippen LogP contribution in [0.25, 0.3) is 6.08 Å². The molecule has 1 aliphatic heterocycles. The Bertz CT molecular complexity index is 1290. The molecule has 1 saturated heterocycles. The highest BCUT2D eigenvalue weighted by molar-refractivity contribution is 6.32. The van der Waals surface area contributed by atoms with Gasteiger partial charge < -0.3 is 9.84 Å². The van der Waals surface area contributed by atoms with Crippen LogP contribution in [0.1, 0.15) is 23.1 Å². The zero-order valence-corrected chi connectivity index (χ0v) is 17.5. The molecule has 0 saturated carbocycles. The summed E-state index contributed by atoms with van der Waals surface area (Å²) in [5.74, 6) is -0.315. The minimum Gasteiger partial charge on any atom is -0.507 e. The standard InChI is InChI=1S/C25H17ClN2O4/c26-20-5-3-6-21(13-20)28-24(30)12-19(25(28)31)11-17-4-1-2-7-23(17)32-15-16-8-9-18(14-27)22(29)10-16/h1-11,13,29H,12,15H2/b19-11+. The number of benzene rings is 3. The van der Waals surface area contributed by atoms with Crippen molar-refractivity contribution in [2.75, 3.05) is 4.90 Å². The number of amides is 2.